The third kappa shape index (κ3) is 3.01. The Morgan fingerprint density at radius 2 is 2.06 bits per heavy atom. The Morgan fingerprint density at radius 1 is 1.24 bits per heavy atom. The fourth-order valence-corrected chi connectivity index (χ4v) is 1.63. The van der Waals surface area contributed by atoms with Gasteiger partial charge in [0.2, 0.25) is 0 Å². The van der Waals surface area contributed by atoms with Crippen molar-refractivity contribution < 1.29 is 9.90 Å². The van der Waals surface area contributed by atoms with Gasteiger partial charge in [0, 0.05) is 10.2 Å². The molecule has 1 aromatic carbocycles. The maximum absolute atomic E-state index is 10.6. The van der Waals surface area contributed by atoms with Crippen molar-refractivity contribution in [2.75, 3.05) is 5.32 Å². The number of aromatic nitrogens is 2. The van der Waals surface area contributed by atoms with E-state index in [4.69, 9.17) is 5.11 Å². The molecule has 2 rings (SSSR count). The monoisotopic (exact) mass is 293 g/mol. The number of anilines is 2. The Balaban J connectivity index is 2.16. The van der Waals surface area contributed by atoms with Crippen LogP contribution >= 0.6 is 15.9 Å². The molecule has 86 valence electrons. The number of rotatable bonds is 3. The van der Waals surface area contributed by atoms with E-state index in [2.05, 4.69) is 31.4 Å². The Kier molecular flexibility index (Phi) is 3.34. The normalized spacial score (nSPS) is 9.94. The smallest absolute Gasteiger partial charge is 0.356 e. The molecule has 1 heterocycles. The van der Waals surface area contributed by atoms with Gasteiger partial charge >= 0.3 is 5.97 Å². The van der Waals surface area contributed by atoms with Gasteiger partial charge in [-0.1, -0.05) is 22.0 Å². The summed E-state index contributed by atoms with van der Waals surface area (Å²) in [7, 11) is 0. The Bertz CT molecular complexity index is 543. The minimum absolute atomic E-state index is 0.0789. The van der Waals surface area contributed by atoms with Crippen LogP contribution in [0, 0.1) is 0 Å². The second kappa shape index (κ2) is 4.92. The fourth-order valence-electron chi connectivity index (χ4n) is 1.23. The fraction of sp³-hybridized carbons (Fsp3) is 0. The Hall–Kier alpha value is -1.95. The van der Waals surface area contributed by atoms with Crippen molar-refractivity contribution in [3.8, 4) is 0 Å². The molecule has 0 aliphatic carbocycles. The number of hydrogen-bond acceptors (Lipinski definition) is 4. The first-order valence-electron chi connectivity index (χ1n) is 4.75. The summed E-state index contributed by atoms with van der Waals surface area (Å²) in [6.45, 7) is 0. The van der Waals surface area contributed by atoms with E-state index in [0.717, 1.165) is 10.2 Å². The zero-order valence-corrected chi connectivity index (χ0v) is 10.2. The zero-order valence-electron chi connectivity index (χ0n) is 8.59. The van der Waals surface area contributed by atoms with Gasteiger partial charge in [-0.15, -0.1) is 10.2 Å². The molecule has 0 bridgehead atoms. The Morgan fingerprint density at radius 3 is 2.65 bits per heavy atom. The lowest BCUT2D eigenvalue weighted by Crippen LogP contribution is -2.03. The summed E-state index contributed by atoms with van der Waals surface area (Å²) >= 11 is 3.35. The van der Waals surface area contributed by atoms with Crippen molar-refractivity contribution in [1.29, 1.82) is 0 Å². The van der Waals surface area contributed by atoms with Crippen LogP contribution in [0.2, 0.25) is 0 Å². The standard InChI is InChI=1S/C11H8BrN3O2/c12-7-2-1-3-8(6-7)13-10-5-4-9(11(16)17)14-15-10/h1-6H,(H,13,15)(H,16,17). The lowest BCUT2D eigenvalue weighted by atomic mass is 10.3. The maximum Gasteiger partial charge on any atom is 0.356 e. The van der Waals surface area contributed by atoms with Crippen molar-refractivity contribution in [2.24, 2.45) is 0 Å². The van der Waals surface area contributed by atoms with E-state index in [1.54, 1.807) is 6.07 Å². The number of hydrogen-bond donors (Lipinski definition) is 2. The largest absolute Gasteiger partial charge is 0.476 e. The van der Waals surface area contributed by atoms with Gasteiger partial charge in [-0.3, -0.25) is 0 Å². The van der Waals surface area contributed by atoms with Gasteiger partial charge in [0.15, 0.2) is 11.5 Å². The van der Waals surface area contributed by atoms with Gasteiger partial charge in [0.25, 0.3) is 0 Å². The number of aromatic carboxylic acids is 1. The van der Waals surface area contributed by atoms with Gasteiger partial charge in [-0.05, 0) is 30.3 Å². The number of halogens is 1. The number of carbonyl (C=O) groups is 1. The van der Waals surface area contributed by atoms with Crippen molar-refractivity contribution >= 4 is 33.4 Å². The molecule has 0 radical (unpaired) electrons. The second-order valence-corrected chi connectivity index (χ2v) is 4.16. The third-order valence-electron chi connectivity index (χ3n) is 1.98. The lowest BCUT2D eigenvalue weighted by molar-refractivity contribution is 0.0689. The molecular weight excluding hydrogens is 286 g/mol. The first-order chi connectivity index (χ1) is 8.15. The summed E-state index contributed by atoms with van der Waals surface area (Å²) in [5.74, 6) is -0.598. The first kappa shape index (κ1) is 11.5. The molecule has 0 atom stereocenters. The summed E-state index contributed by atoms with van der Waals surface area (Å²) in [6.07, 6.45) is 0. The highest BCUT2D eigenvalue weighted by atomic mass is 79.9. The summed E-state index contributed by atoms with van der Waals surface area (Å²) in [6, 6.07) is 10.5. The molecule has 0 unspecified atom stereocenters. The molecule has 0 aliphatic rings. The molecule has 17 heavy (non-hydrogen) atoms. The second-order valence-electron chi connectivity index (χ2n) is 3.24. The molecule has 2 aromatic rings. The minimum Gasteiger partial charge on any atom is -0.476 e. The van der Waals surface area contributed by atoms with Crippen molar-refractivity contribution in [2.45, 2.75) is 0 Å². The third-order valence-corrected chi connectivity index (χ3v) is 2.47. The number of carboxylic acids is 1. The van der Waals surface area contributed by atoms with Crippen LogP contribution in [-0.4, -0.2) is 21.3 Å². The quantitative estimate of drug-likeness (QED) is 0.910. The van der Waals surface area contributed by atoms with E-state index < -0.39 is 5.97 Å². The van der Waals surface area contributed by atoms with Crippen LogP contribution in [0.4, 0.5) is 11.5 Å². The van der Waals surface area contributed by atoms with Gasteiger partial charge < -0.3 is 10.4 Å². The topological polar surface area (TPSA) is 75.1 Å². The predicted molar refractivity (Wildman–Crippen MR) is 66.4 cm³/mol. The molecular formula is C11H8BrN3O2. The molecule has 5 nitrogen and oxygen atoms in total. The minimum atomic E-state index is -1.09. The van der Waals surface area contributed by atoms with E-state index in [1.807, 2.05) is 24.3 Å². The Labute approximate surface area is 106 Å². The van der Waals surface area contributed by atoms with Crippen molar-refractivity contribution in [3.05, 3.63) is 46.6 Å². The van der Waals surface area contributed by atoms with E-state index in [1.165, 1.54) is 6.07 Å². The maximum atomic E-state index is 10.6. The van der Waals surface area contributed by atoms with Crippen LogP contribution in [0.3, 0.4) is 0 Å². The van der Waals surface area contributed by atoms with Crippen LogP contribution in [-0.2, 0) is 0 Å². The summed E-state index contributed by atoms with van der Waals surface area (Å²) in [5, 5.41) is 19.0. The highest BCUT2D eigenvalue weighted by Gasteiger charge is 2.04. The van der Waals surface area contributed by atoms with Crippen LogP contribution in [0.1, 0.15) is 10.5 Å². The van der Waals surface area contributed by atoms with Crippen LogP contribution in [0.5, 0.6) is 0 Å². The highest BCUT2D eigenvalue weighted by molar-refractivity contribution is 9.10. The van der Waals surface area contributed by atoms with Gasteiger partial charge in [0.1, 0.15) is 0 Å². The summed E-state index contributed by atoms with van der Waals surface area (Å²) in [4.78, 5) is 10.6. The van der Waals surface area contributed by atoms with E-state index in [0.29, 0.717) is 5.82 Å². The number of carboxylic acid groups (broad SMARTS) is 1. The lowest BCUT2D eigenvalue weighted by Gasteiger charge is -2.04. The van der Waals surface area contributed by atoms with E-state index >= 15 is 0 Å². The van der Waals surface area contributed by atoms with Crippen LogP contribution < -0.4 is 5.32 Å². The average molecular weight is 294 g/mol. The molecule has 0 aliphatic heterocycles. The van der Waals surface area contributed by atoms with Gasteiger partial charge in [-0.25, -0.2) is 4.79 Å². The molecule has 0 saturated heterocycles. The number of nitrogens with one attached hydrogen (secondary N) is 1. The molecule has 0 saturated carbocycles. The molecule has 0 spiro atoms. The first-order valence-corrected chi connectivity index (χ1v) is 5.54. The molecule has 6 heteroatoms. The number of nitrogens with zero attached hydrogens (tertiary/aromatic N) is 2. The van der Waals surface area contributed by atoms with Crippen LogP contribution in [0.25, 0.3) is 0 Å². The molecule has 0 fully saturated rings. The van der Waals surface area contributed by atoms with E-state index in [9.17, 15) is 4.79 Å². The van der Waals surface area contributed by atoms with Crippen molar-refractivity contribution in [1.82, 2.24) is 10.2 Å². The summed E-state index contributed by atoms with van der Waals surface area (Å²) in [5.41, 5.74) is 0.765. The van der Waals surface area contributed by atoms with Gasteiger partial charge in [0.05, 0.1) is 0 Å². The average Bonchev–Trinajstić information content (AvgIpc) is 2.29. The van der Waals surface area contributed by atoms with Crippen molar-refractivity contribution in [3.63, 3.8) is 0 Å². The zero-order chi connectivity index (χ0) is 12.3. The molecule has 2 N–H and O–H groups in total. The SMILES string of the molecule is O=C(O)c1ccc(Nc2cccc(Br)c2)nn1. The molecule has 1 aromatic heterocycles. The number of benzene rings is 1. The van der Waals surface area contributed by atoms with Crippen LogP contribution in [0.15, 0.2) is 40.9 Å². The summed E-state index contributed by atoms with van der Waals surface area (Å²) < 4.78 is 0.942. The van der Waals surface area contributed by atoms with Gasteiger partial charge in [-0.2, -0.15) is 0 Å². The predicted octanol–water partition coefficient (Wildman–Crippen LogP) is 2.68. The molecule has 0 amide bonds. The van der Waals surface area contributed by atoms with E-state index in [-0.39, 0.29) is 5.69 Å². The highest BCUT2D eigenvalue weighted by Crippen LogP contribution is 2.18.